The third-order valence-corrected chi connectivity index (χ3v) is 3.95. The number of aromatic nitrogens is 2. The number of imidazole rings is 1. The van der Waals surface area contributed by atoms with E-state index < -0.39 is 5.97 Å². The van der Waals surface area contributed by atoms with Crippen LogP contribution < -0.4 is 4.90 Å². The van der Waals surface area contributed by atoms with Crippen molar-refractivity contribution in [3.8, 4) is 0 Å². The van der Waals surface area contributed by atoms with E-state index in [1.54, 1.807) is 28.8 Å². The van der Waals surface area contributed by atoms with Gasteiger partial charge in [0.05, 0.1) is 5.69 Å². The number of fused-ring (bicyclic) bond motifs is 1. The fraction of sp³-hybridized carbons (Fsp3) is 0.222. The van der Waals surface area contributed by atoms with Crippen LogP contribution in [0.3, 0.4) is 0 Å². The summed E-state index contributed by atoms with van der Waals surface area (Å²) in [6, 6.07) is 13.0. The predicted molar refractivity (Wildman–Crippen MR) is 96.3 cm³/mol. The molecule has 3 rings (SSSR count). The van der Waals surface area contributed by atoms with Crippen LogP contribution in [0, 0.1) is 0 Å². The number of hydrogen-bond donors (Lipinski definition) is 1. The molecule has 0 fully saturated rings. The molecule has 7 heteroatoms. The Hall–Kier alpha value is -3.22. The van der Waals surface area contributed by atoms with Crippen LogP contribution in [-0.2, 0) is 0 Å². The third kappa shape index (κ3) is 3.35. The molecule has 0 saturated heterocycles. The minimum atomic E-state index is -1.13. The van der Waals surface area contributed by atoms with Crippen LogP contribution in [0.1, 0.15) is 24.3 Å². The van der Waals surface area contributed by atoms with Crippen LogP contribution in [0.5, 0.6) is 0 Å². The zero-order chi connectivity index (χ0) is 17.8. The van der Waals surface area contributed by atoms with Crippen LogP contribution >= 0.6 is 0 Å². The summed E-state index contributed by atoms with van der Waals surface area (Å²) >= 11 is 0. The van der Waals surface area contributed by atoms with Gasteiger partial charge in [0.1, 0.15) is 5.65 Å². The van der Waals surface area contributed by atoms with Gasteiger partial charge >= 0.3 is 5.97 Å². The molecule has 3 aromatic rings. The van der Waals surface area contributed by atoms with Crippen LogP contribution in [0.2, 0.25) is 0 Å². The highest BCUT2D eigenvalue weighted by Crippen LogP contribution is 2.25. The highest BCUT2D eigenvalue weighted by atomic mass is 16.4. The maximum atomic E-state index is 11.4. The van der Waals surface area contributed by atoms with Crippen molar-refractivity contribution in [1.29, 1.82) is 0 Å². The summed E-state index contributed by atoms with van der Waals surface area (Å²) < 4.78 is 1.61. The molecule has 0 atom stereocenters. The Morgan fingerprint density at radius 1 is 1.12 bits per heavy atom. The van der Waals surface area contributed by atoms with Gasteiger partial charge in [0.2, 0.25) is 0 Å². The molecule has 128 valence electrons. The van der Waals surface area contributed by atoms with Gasteiger partial charge in [0, 0.05) is 25.0 Å². The van der Waals surface area contributed by atoms with Gasteiger partial charge in [-0.25, -0.2) is 9.78 Å². The van der Waals surface area contributed by atoms with E-state index >= 15 is 0 Å². The molecule has 0 amide bonds. The van der Waals surface area contributed by atoms with E-state index in [0.29, 0.717) is 11.3 Å². The van der Waals surface area contributed by atoms with Gasteiger partial charge in [-0.2, -0.15) is 0 Å². The highest BCUT2D eigenvalue weighted by Gasteiger charge is 2.17. The maximum absolute atomic E-state index is 11.4. The van der Waals surface area contributed by atoms with Crippen LogP contribution in [0.15, 0.2) is 58.9 Å². The van der Waals surface area contributed by atoms with E-state index in [1.807, 2.05) is 24.3 Å². The number of nitrogens with zero attached hydrogens (tertiary/aromatic N) is 5. The van der Waals surface area contributed by atoms with Gasteiger partial charge < -0.3 is 10.0 Å². The molecular formula is C18H19N5O2. The SMILES string of the molecule is CCN(CC)c1ccc(N=Nc2c(C(=O)O)nc3ccccn23)cc1. The average molecular weight is 337 g/mol. The van der Waals surface area contributed by atoms with Gasteiger partial charge in [-0.1, -0.05) is 6.07 Å². The lowest BCUT2D eigenvalue weighted by Gasteiger charge is -2.20. The van der Waals surface area contributed by atoms with Crippen LogP contribution in [0.4, 0.5) is 17.2 Å². The zero-order valence-electron chi connectivity index (χ0n) is 14.1. The van der Waals surface area contributed by atoms with Gasteiger partial charge in [0.25, 0.3) is 0 Å². The summed E-state index contributed by atoms with van der Waals surface area (Å²) in [7, 11) is 0. The Balaban J connectivity index is 1.93. The van der Waals surface area contributed by atoms with E-state index in [1.165, 1.54) is 0 Å². The second-order valence-electron chi connectivity index (χ2n) is 5.41. The molecular weight excluding hydrogens is 318 g/mol. The first-order chi connectivity index (χ1) is 12.1. The maximum Gasteiger partial charge on any atom is 0.358 e. The quantitative estimate of drug-likeness (QED) is 0.680. The lowest BCUT2D eigenvalue weighted by Crippen LogP contribution is -2.21. The van der Waals surface area contributed by atoms with Gasteiger partial charge in [-0.15, -0.1) is 10.2 Å². The number of azo groups is 1. The first kappa shape index (κ1) is 16.6. The van der Waals surface area contributed by atoms with Crippen molar-refractivity contribution in [1.82, 2.24) is 9.38 Å². The fourth-order valence-corrected chi connectivity index (χ4v) is 2.65. The molecule has 1 aromatic carbocycles. The first-order valence-corrected chi connectivity index (χ1v) is 8.11. The number of pyridine rings is 1. The van der Waals surface area contributed by atoms with Crippen molar-refractivity contribution >= 4 is 28.8 Å². The average Bonchev–Trinajstić information content (AvgIpc) is 3.01. The molecule has 0 aliphatic rings. The Labute approximate surface area is 145 Å². The van der Waals surface area contributed by atoms with E-state index in [9.17, 15) is 9.90 Å². The fourth-order valence-electron chi connectivity index (χ4n) is 2.65. The summed E-state index contributed by atoms with van der Waals surface area (Å²) in [5, 5.41) is 17.6. The van der Waals surface area contributed by atoms with E-state index in [4.69, 9.17) is 0 Å². The zero-order valence-corrected chi connectivity index (χ0v) is 14.1. The van der Waals surface area contributed by atoms with Crippen LogP contribution in [0.25, 0.3) is 5.65 Å². The molecule has 0 aliphatic carbocycles. The van der Waals surface area contributed by atoms with E-state index in [-0.39, 0.29) is 11.5 Å². The summed E-state index contributed by atoms with van der Waals surface area (Å²) in [5.41, 5.74) is 2.17. The van der Waals surface area contributed by atoms with E-state index in [0.717, 1.165) is 18.8 Å². The van der Waals surface area contributed by atoms with Crippen molar-refractivity contribution in [3.05, 3.63) is 54.4 Å². The number of carboxylic acids is 1. The van der Waals surface area contributed by atoms with Crippen molar-refractivity contribution in [2.45, 2.75) is 13.8 Å². The molecule has 0 bridgehead atoms. The molecule has 25 heavy (non-hydrogen) atoms. The molecule has 0 saturated carbocycles. The largest absolute Gasteiger partial charge is 0.476 e. The van der Waals surface area contributed by atoms with Gasteiger partial charge in [-0.3, -0.25) is 4.40 Å². The number of rotatable bonds is 6. The number of hydrogen-bond acceptors (Lipinski definition) is 5. The summed E-state index contributed by atoms with van der Waals surface area (Å²) in [4.78, 5) is 17.7. The Morgan fingerprint density at radius 3 is 2.48 bits per heavy atom. The molecule has 1 N–H and O–H groups in total. The Bertz CT molecular complexity index is 911. The van der Waals surface area contributed by atoms with Crippen molar-refractivity contribution in [2.24, 2.45) is 10.2 Å². The summed E-state index contributed by atoms with van der Waals surface area (Å²) in [6.45, 7) is 6.08. The topological polar surface area (TPSA) is 82.6 Å². The van der Waals surface area contributed by atoms with Crippen LogP contribution in [-0.4, -0.2) is 33.6 Å². The van der Waals surface area contributed by atoms with Crippen molar-refractivity contribution in [2.75, 3.05) is 18.0 Å². The Morgan fingerprint density at radius 2 is 1.84 bits per heavy atom. The monoisotopic (exact) mass is 337 g/mol. The lowest BCUT2D eigenvalue weighted by molar-refractivity contribution is 0.0692. The summed E-state index contributed by atoms with van der Waals surface area (Å²) in [5.74, 6) is -0.926. The first-order valence-electron chi connectivity index (χ1n) is 8.11. The second kappa shape index (κ2) is 7.12. The lowest BCUT2D eigenvalue weighted by atomic mass is 10.2. The number of anilines is 1. The number of aromatic carboxylic acids is 1. The smallest absolute Gasteiger partial charge is 0.358 e. The molecule has 0 unspecified atom stereocenters. The molecule has 2 aromatic heterocycles. The predicted octanol–water partition coefficient (Wildman–Crippen LogP) is 4.29. The standard InChI is InChI=1S/C18H19N5O2/c1-3-22(4-2)14-10-8-13(9-11-14)20-21-17-16(18(24)25)19-15-7-5-6-12-23(15)17/h5-12H,3-4H2,1-2H3,(H,24,25). The Kier molecular flexibility index (Phi) is 4.74. The molecule has 0 aliphatic heterocycles. The van der Waals surface area contributed by atoms with Crippen molar-refractivity contribution in [3.63, 3.8) is 0 Å². The second-order valence-corrected chi connectivity index (χ2v) is 5.41. The van der Waals surface area contributed by atoms with Gasteiger partial charge in [0.15, 0.2) is 11.5 Å². The number of carbonyl (C=O) groups is 1. The minimum Gasteiger partial charge on any atom is -0.476 e. The molecule has 0 spiro atoms. The molecule has 7 nitrogen and oxygen atoms in total. The van der Waals surface area contributed by atoms with Crippen molar-refractivity contribution < 1.29 is 9.90 Å². The molecule has 2 heterocycles. The number of benzene rings is 1. The number of carboxylic acid groups (broad SMARTS) is 1. The minimum absolute atomic E-state index is 0.116. The third-order valence-electron chi connectivity index (χ3n) is 3.95. The van der Waals surface area contributed by atoms with Gasteiger partial charge in [-0.05, 0) is 50.2 Å². The highest BCUT2D eigenvalue weighted by molar-refractivity contribution is 5.91. The molecule has 0 radical (unpaired) electrons. The normalized spacial score (nSPS) is 11.3. The summed E-state index contributed by atoms with van der Waals surface area (Å²) in [6.07, 6.45) is 1.71. The van der Waals surface area contributed by atoms with E-state index in [2.05, 4.69) is 34.0 Å².